The molecule has 2 N–H and O–H groups in total. The van der Waals surface area contributed by atoms with Gasteiger partial charge in [-0.25, -0.2) is 4.99 Å². The van der Waals surface area contributed by atoms with Gasteiger partial charge < -0.3 is 15.5 Å². The van der Waals surface area contributed by atoms with Gasteiger partial charge in [-0.15, -0.1) is 11.3 Å². The molecule has 5 heteroatoms. The van der Waals surface area contributed by atoms with Crippen LogP contribution in [0.15, 0.2) is 59.6 Å². The number of anilines is 2. The van der Waals surface area contributed by atoms with E-state index in [0.717, 1.165) is 43.3 Å². The van der Waals surface area contributed by atoms with Crippen LogP contribution in [-0.4, -0.2) is 36.4 Å². The van der Waals surface area contributed by atoms with E-state index in [0.29, 0.717) is 6.04 Å². The van der Waals surface area contributed by atoms with Gasteiger partial charge in [0, 0.05) is 30.6 Å². The van der Waals surface area contributed by atoms with Gasteiger partial charge in [0.1, 0.15) is 10.8 Å². The van der Waals surface area contributed by atoms with E-state index in [4.69, 9.17) is 4.99 Å². The van der Waals surface area contributed by atoms with E-state index in [1.54, 1.807) is 11.3 Å². The number of benzene rings is 2. The SMILES string of the molecule is Cc1cccc(CC2CN(C3=Nc4ccccc4Nc4sc(C)cc43)CCN2)c1. The molecule has 148 valence electrons. The molecule has 5 rings (SSSR count). The zero-order valence-corrected chi connectivity index (χ0v) is 17.7. The predicted molar refractivity (Wildman–Crippen MR) is 123 cm³/mol. The van der Waals surface area contributed by atoms with Crippen molar-refractivity contribution in [1.82, 2.24) is 10.2 Å². The Morgan fingerprint density at radius 2 is 2.00 bits per heavy atom. The van der Waals surface area contributed by atoms with E-state index in [9.17, 15) is 0 Å². The summed E-state index contributed by atoms with van der Waals surface area (Å²) in [5, 5.41) is 8.52. The average molecular weight is 403 g/mol. The molecule has 0 saturated carbocycles. The van der Waals surface area contributed by atoms with Gasteiger partial charge in [0.2, 0.25) is 0 Å². The Morgan fingerprint density at radius 1 is 1.10 bits per heavy atom. The van der Waals surface area contributed by atoms with Gasteiger partial charge in [0.15, 0.2) is 0 Å². The Balaban J connectivity index is 1.46. The van der Waals surface area contributed by atoms with Crippen LogP contribution >= 0.6 is 11.3 Å². The lowest BCUT2D eigenvalue weighted by Crippen LogP contribution is -2.53. The summed E-state index contributed by atoms with van der Waals surface area (Å²) in [7, 11) is 0. The van der Waals surface area contributed by atoms with Gasteiger partial charge in [-0.2, -0.15) is 0 Å². The number of aliphatic imine (C=N–C) groups is 1. The number of nitrogens with zero attached hydrogens (tertiary/aromatic N) is 2. The fourth-order valence-corrected chi connectivity index (χ4v) is 5.19. The van der Waals surface area contributed by atoms with E-state index < -0.39 is 0 Å². The standard InChI is InChI=1S/C24H26N4S/c1-16-6-5-7-18(12-16)14-19-15-28(11-10-25-19)23-20-13-17(2)29-24(20)27-22-9-4-3-8-21(22)26-23/h3-9,12-13,19,25,27H,10-11,14-15H2,1-2H3. The largest absolute Gasteiger partial charge is 0.353 e. The lowest BCUT2D eigenvalue weighted by molar-refractivity contribution is 0.290. The summed E-state index contributed by atoms with van der Waals surface area (Å²) >= 11 is 1.81. The Bertz CT molecular complexity index is 1070. The molecular formula is C24H26N4S. The molecule has 1 fully saturated rings. The molecule has 1 unspecified atom stereocenters. The molecular weight excluding hydrogens is 376 g/mol. The van der Waals surface area contributed by atoms with Crippen LogP contribution in [0.2, 0.25) is 0 Å². The predicted octanol–water partition coefficient (Wildman–Crippen LogP) is 5.02. The zero-order valence-electron chi connectivity index (χ0n) is 16.9. The second-order valence-electron chi connectivity index (χ2n) is 7.97. The molecule has 0 bridgehead atoms. The maximum absolute atomic E-state index is 5.13. The first-order valence-electron chi connectivity index (χ1n) is 10.2. The molecule has 4 nitrogen and oxygen atoms in total. The van der Waals surface area contributed by atoms with Crippen molar-refractivity contribution in [3.05, 3.63) is 76.2 Å². The first kappa shape index (κ1) is 18.4. The number of hydrogen-bond acceptors (Lipinski definition) is 5. The normalized spacial score (nSPS) is 18.3. The van der Waals surface area contributed by atoms with Crippen LogP contribution in [-0.2, 0) is 6.42 Å². The number of aryl methyl sites for hydroxylation is 2. The number of piperazine rings is 1. The highest BCUT2D eigenvalue weighted by atomic mass is 32.1. The first-order valence-corrected chi connectivity index (χ1v) is 11.1. The third-order valence-electron chi connectivity index (χ3n) is 5.59. The smallest absolute Gasteiger partial charge is 0.139 e. The van der Waals surface area contributed by atoms with E-state index in [-0.39, 0.29) is 0 Å². The molecule has 2 aliphatic heterocycles. The zero-order chi connectivity index (χ0) is 19.8. The number of para-hydroxylation sites is 2. The van der Waals surface area contributed by atoms with Gasteiger partial charge in [0.05, 0.1) is 16.9 Å². The topological polar surface area (TPSA) is 39.7 Å². The van der Waals surface area contributed by atoms with Gasteiger partial charge in [-0.3, -0.25) is 0 Å². The van der Waals surface area contributed by atoms with Gasteiger partial charge >= 0.3 is 0 Å². The molecule has 0 amide bonds. The number of fused-ring (bicyclic) bond motifs is 2. The summed E-state index contributed by atoms with van der Waals surface area (Å²) in [6.45, 7) is 7.24. The van der Waals surface area contributed by atoms with Crippen molar-refractivity contribution >= 4 is 33.5 Å². The van der Waals surface area contributed by atoms with Crippen molar-refractivity contribution in [3.8, 4) is 0 Å². The highest BCUT2D eigenvalue weighted by Gasteiger charge is 2.27. The fraction of sp³-hybridized carbons (Fsp3) is 0.292. The van der Waals surface area contributed by atoms with Crippen molar-refractivity contribution < 1.29 is 0 Å². The third kappa shape index (κ3) is 3.80. The van der Waals surface area contributed by atoms with Crippen molar-refractivity contribution in [3.63, 3.8) is 0 Å². The molecule has 29 heavy (non-hydrogen) atoms. The average Bonchev–Trinajstić information content (AvgIpc) is 2.99. The number of rotatable bonds is 2. The fourth-order valence-electron chi connectivity index (χ4n) is 4.27. The highest BCUT2D eigenvalue weighted by Crippen LogP contribution is 2.39. The van der Waals surface area contributed by atoms with Crippen LogP contribution < -0.4 is 10.6 Å². The third-order valence-corrected chi connectivity index (χ3v) is 6.56. The lowest BCUT2D eigenvalue weighted by atomic mass is 10.0. The number of nitrogens with one attached hydrogen (secondary N) is 2. The summed E-state index contributed by atoms with van der Waals surface area (Å²) in [5.41, 5.74) is 6.03. The van der Waals surface area contributed by atoms with Crippen LogP contribution in [0.4, 0.5) is 16.4 Å². The van der Waals surface area contributed by atoms with Crippen molar-refractivity contribution in [2.24, 2.45) is 4.99 Å². The quantitative estimate of drug-likeness (QED) is 0.632. The number of thiophene rings is 1. The molecule has 1 aromatic heterocycles. The number of amidine groups is 1. The Labute approximate surface area is 176 Å². The molecule has 0 aliphatic carbocycles. The summed E-state index contributed by atoms with van der Waals surface area (Å²) < 4.78 is 0. The van der Waals surface area contributed by atoms with E-state index in [1.807, 2.05) is 0 Å². The molecule has 3 heterocycles. The van der Waals surface area contributed by atoms with Crippen LogP contribution in [0.5, 0.6) is 0 Å². The minimum Gasteiger partial charge on any atom is -0.353 e. The highest BCUT2D eigenvalue weighted by molar-refractivity contribution is 7.16. The molecule has 0 spiro atoms. The van der Waals surface area contributed by atoms with E-state index in [1.165, 1.54) is 26.6 Å². The molecule has 2 aromatic carbocycles. The van der Waals surface area contributed by atoms with Crippen LogP contribution in [0.1, 0.15) is 21.6 Å². The molecule has 3 aromatic rings. The molecule has 0 radical (unpaired) electrons. The summed E-state index contributed by atoms with van der Waals surface area (Å²) in [5.74, 6) is 1.09. The van der Waals surface area contributed by atoms with Gasteiger partial charge in [-0.1, -0.05) is 42.0 Å². The Kier molecular flexibility index (Phi) is 4.86. The molecule has 1 saturated heterocycles. The van der Waals surface area contributed by atoms with Crippen molar-refractivity contribution in [1.29, 1.82) is 0 Å². The second-order valence-corrected chi connectivity index (χ2v) is 9.22. The Morgan fingerprint density at radius 3 is 2.90 bits per heavy atom. The number of hydrogen-bond donors (Lipinski definition) is 2. The minimum absolute atomic E-state index is 0.419. The van der Waals surface area contributed by atoms with Crippen molar-refractivity contribution in [2.75, 3.05) is 25.0 Å². The maximum atomic E-state index is 5.13. The van der Waals surface area contributed by atoms with Crippen LogP contribution in [0.25, 0.3) is 0 Å². The second kappa shape index (κ2) is 7.65. The van der Waals surface area contributed by atoms with Gasteiger partial charge in [-0.05, 0) is 44.0 Å². The minimum atomic E-state index is 0.419. The van der Waals surface area contributed by atoms with Gasteiger partial charge in [0.25, 0.3) is 0 Å². The van der Waals surface area contributed by atoms with E-state index in [2.05, 4.69) is 84.0 Å². The van der Waals surface area contributed by atoms with E-state index >= 15 is 0 Å². The van der Waals surface area contributed by atoms with Crippen LogP contribution in [0.3, 0.4) is 0 Å². The summed E-state index contributed by atoms with van der Waals surface area (Å²) in [4.78, 5) is 8.90. The molecule has 2 aliphatic rings. The summed E-state index contributed by atoms with van der Waals surface area (Å²) in [6, 6.07) is 19.9. The summed E-state index contributed by atoms with van der Waals surface area (Å²) in [6.07, 6.45) is 1.04. The molecule has 1 atom stereocenters. The monoisotopic (exact) mass is 402 g/mol. The first-order chi connectivity index (χ1) is 14.2. The lowest BCUT2D eigenvalue weighted by Gasteiger charge is -2.36. The Hall–Kier alpha value is -2.63. The van der Waals surface area contributed by atoms with Crippen molar-refractivity contribution in [2.45, 2.75) is 26.3 Å². The van der Waals surface area contributed by atoms with Crippen LogP contribution in [0, 0.1) is 13.8 Å². The maximum Gasteiger partial charge on any atom is 0.139 e.